The lowest BCUT2D eigenvalue weighted by Gasteiger charge is -2.32. The lowest BCUT2D eigenvalue weighted by Crippen LogP contribution is -2.44. The summed E-state index contributed by atoms with van der Waals surface area (Å²) in [6.07, 6.45) is 3.28. The number of halogens is 1. The second-order valence-corrected chi connectivity index (χ2v) is 6.11. The van der Waals surface area contributed by atoms with Gasteiger partial charge in [-0.1, -0.05) is 12.1 Å². The number of nitrogens with zero attached hydrogens (tertiary/aromatic N) is 3. The quantitative estimate of drug-likeness (QED) is 0.816. The van der Waals surface area contributed by atoms with E-state index in [1.807, 2.05) is 24.3 Å². The summed E-state index contributed by atoms with van der Waals surface area (Å²) in [6, 6.07) is 7.70. The number of carbonyl (C=O) groups excluding carboxylic acids is 1. The van der Waals surface area contributed by atoms with Crippen molar-refractivity contribution in [1.29, 1.82) is 0 Å². The first kappa shape index (κ1) is 15.0. The van der Waals surface area contributed by atoms with Crippen molar-refractivity contribution in [3.05, 3.63) is 30.5 Å². The van der Waals surface area contributed by atoms with Crippen LogP contribution in [0.4, 0.5) is 0 Å². The number of alkyl halides is 1. The predicted octanol–water partition coefficient (Wildman–Crippen LogP) is 2.63. The summed E-state index contributed by atoms with van der Waals surface area (Å²) < 4.78 is 5.91. The first-order valence-corrected chi connectivity index (χ1v) is 7.88. The van der Waals surface area contributed by atoms with E-state index in [0.29, 0.717) is 19.0 Å². The third-order valence-corrected chi connectivity index (χ3v) is 3.99. The van der Waals surface area contributed by atoms with Gasteiger partial charge in [0.05, 0.1) is 17.2 Å². The van der Waals surface area contributed by atoms with Gasteiger partial charge in [0.2, 0.25) is 11.8 Å². The van der Waals surface area contributed by atoms with Crippen LogP contribution in [0, 0.1) is 0 Å². The average Bonchev–Trinajstić information content (AvgIpc) is 2.55. The molecule has 1 aliphatic heterocycles. The summed E-state index contributed by atoms with van der Waals surface area (Å²) in [4.78, 5) is 22.4. The fourth-order valence-corrected chi connectivity index (χ4v) is 2.75. The Bertz CT molecular complexity index is 669. The second kappa shape index (κ2) is 6.48. The minimum absolute atomic E-state index is 0.00869. The summed E-state index contributed by atoms with van der Waals surface area (Å²) in [5.74, 6) is 0.528. The van der Waals surface area contributed by atoms with Crippen molar-refractivity contribution in [2.45, 2.75) is 31.2 Å². The molecule has 1 atom stereocenters. The second-order valence-electron chi connectivity index (χ2n) is 5.46. The molecule has 2 heterocycles. The Morgan fingerprint density at radius 3 is 2.68 bits per heavy atom. The van der Waals surface area contributed by atoms with Gasteiger partial charge in [-0.25, -0.2) is 9.97 Å². The fraction of sp³-hybridized carbons (Fsp3) is 0.438. The maximum atomic E-state index is 11.8. The SMILES string of the molecule is CC(Cl)C(=O)N1CCC(Oc2cnc3ccccc3n2)CC1. The number of aromatic nitrogens is 2. The molecule has 0 N–H and O–H groups in total. The molecule has 1 fully saturated rings. The van der Waals surface area contributed by atoms with Gasteiger partial charge in [0.15, 0.2) is 0 Å². The minimum atomic E-state index is -0.469. The van der Waals surface area contributed by atoms with Crippen molar-refractivity contribution in [3.63, 3.8) is 0 Å². The highest BCUT2D eigenvalue weighted by atomic mass is 35.5. The monoisotopic (exact) mass is 319 g/mol. The molecule has 1 aromatic heterocycles. The number of piperidine rings is 1. The number of fused-ring (bicyclic) bond motifs is 1. The number of likely N-dealkylation sites (tertiary alicyclic amines) is 1. The third kappa shape index (κ3) is 3.30. The van der Waals surface area contributed by atoms with Crippen LogP contribution in [0.25, 0.3) is 11.0 Å². The van der Waals surface area contributed by atoms with Gasteiger partial charge in [-0.15, -0.1) is 11.6 Å². The van der Waals surface area contributed by atoms with E-state index >= 15 is 0 Å². The molecule has 3 rings (SSSR count). The van der Waals surface area contributed by atoms with Crippen LogP contribution >= 0.6 is 11.6 Å². The number of rotatable bonds is 3. The van der Waals surface area contributed by atoms with E-state index in [1.165, 1.54) is 0 Å². The highest BCUT2D eigenvalue weighted by Crippen LogP contribution is 2.20. The normalized spacial score (nSPS) is 17.5. The van der Waals surface area contributed by atoms with Crippen LogP contribution in [-0.4, -0.2) is 45.3 Å². The molecule has 1 amide bonds. The molecule has 1 saturated heterocycles. The van der Waals surface area contributed by atoms with Crippen molar-refractivity contribution in [1.82, 2.24) is 14.9 Å². The molecule has 0 radical (unpaired) electrons. The summed E-state index contributed by atoms with van der Waals surface area (Å²) in [5.41, 5.74) is 1.68. The highest BCUT2D eigenvalue weighted by Gasteiger charge is 2.26. The van der Waals surface area contributed by atoms with Crippen LogP contribution in [0.1, 0.15) is 19.8 Å². The van der Waals surface area contributed by atoms with Crippen LogP contribution in [0.2, 0.25) is 0 Å². The molecule has 0 spiro atoms. The molecule has 0 bridgehead atoms. The number of amides is 1. The Balaban J connectivity index is 1.61. The molecular formula is C16H18ClN3O2. The third-order valence-electron chi connectivity index (χ3n) is 3.81. The zero-order valence-corrected chi connectivity index (χ0v) is 13.2. The number of hydrogen-bond acceptors (Lipinski definition) is 4. The minimum Gasteiger partial charge on any atom is -0.473 e. The molecule has 1 unspecified atom stereocenters. The van der Waals surface area contributed by atoms with Crippen molar-refractivity contribution >= 4 is 28.5 Å². The van der Waals surface area contributed by atoms with Crippen molar-refractivity contribution < 1.29 is 9.53 Å². The fourth-order valence-electron chi connectivity index (χ4n) is 2.61. The lowest BCUT2D eigenvalue weighted by atomic mass is 10.1. The Labute approximate surface area is 134 Å². The molecule has 1 aliphatic rings. The van der Waals surface area contributed by atoms with Crippen molar-refractivity contribution in [2.24, 2.45) is 0 Å². The Morgan fingerprint density at radius 2 is 2.00 bits per heavy atom. The van der Waals surface area contributed by atoms with E-state index in [-0.39, 0.29) is 12.0 Å². The zero-order valence-electron chi connectivity index (χ0n) is 12.4. The highest BCUT2D eigenvalue weighted by molar-refractivity contribution is 6.30. The molecule has 0 saturated carbocycles. The van der Waals surface area contributed by atoms with Gasteiger partial charge in [-0.3, -0.25) is 4.79 Å². The summed E-state index contributed by atoms with van der Waals surface area (Å²) in [7, 11) is 0. The number of ether oxygens (including phenoxy) is 1. The van der Waals surface area contributed by atoms with Crippen LogP contribution in [0.5, 0.6) is 5.88 Å². The van der Waals surface area contributed by atoms with Crippen molar-refractivity contribution in [3.8, 4) is 5.88 Å². The molecule has 0 aliphatic carbocycles. The van der Waals surface area contributed by atoms with E-state index in [4.69, 9.17) is 16.3 Å². The molecule has 116 valence electrons. The molecular weight excluding hydrogens is 302 g/mol. The van der Waals surface area contributed by atoms with Gasteiger partial charge in [0.1, 0.15) is 11.5 Å². The zero-order chi connectivity index (χ0) is 15.5. The summed E-state index contributed by atoms with van der Waals surface area (Å²) in [5, 5.41) is -0.469. The van der Waals surface area contributed by atoms with Gasteiger partial charge in [0, 0.05) is 25.9 Å². The predicted molar refractivity (Wildman–Crippen MR) is 85.1 cm³/mol. The van der Waals surface area contributed by atoms with Crippen LogP contribution in [-0.2, 0) is 4.79 Å². The van der Waals surface area contributed by atoms with Crippen LogP contribution in [0.15, 0.2) is 30.5 Å². The molecule has 5 nitrogen and oxygen atoms in total. The molecule has 2 aromatic rings. The first-order chi connectivity index (χ1) is 10.6. The maximum Gasteiger partial charge on any atom is 0.240 e. The molecule has 6 heteroatoms. The van der Waals surface area contributed by atoms with Gasteiger partial charge in [-0.2, -0.15) is 0 Å². The first-order valence-electron chi connectivity index (χ1n) is 7.45. The van der Waals surface area contributed by atoms with Gasteiger partial charge in [-0.05, 0) is 19.1 Å². The number of hydrogen-bond donors (Lipinski definition) is 0. The van der Waals surface area contributed by atoms with Crippen LogP contribution < -0.4 is 4.74 Å². The number of carbonyl (C=O) groups is 1. The standard InChI is InChI=1S/C16H18ClN3O2/c1-11(17)16(21)20-8-6-12(7-9-20)22-15-10-18-13-4-2-3-5-14(13)19-15/h2-5,10-12H,6-9H2,1H3. The van der Waals surface area contributed by atoms with E-state index in [9.17, 15) is 4.79 Å². The van der Waals surface area contributed by atoms with E-state index in [0.717, 1.165) is 23.9 Å². The Hall–Kier alpha value is -1.88. The van der Waals surface area contributed by atoms with Crippen molar-refractivity contribution in [2.75, 3.05) is 13.1 Å². The summed E-state index contributed by atoms with van der Waals surface area (Å²) in [6.45, 7) is 3.04. The van der Waals surface area contributed by atoms with Gasteiger partial charge >= 0.3 is 0 Å². The van der Waals surface area contributed by atoms with E-state index in [2.05, 4.69) is 9.97 Å². The number of benzene rings is 1. The van der Waals surface area contributed by atoms with Gasteiger partial charge < -0.3 is 9.64 Å². The maximum absolute atomic E-state index is 11.8. The lowest BCUT2D eigenvalue weighted by molar-refractivity contribution is -0.132. The van der Waals surface area contributed by atoms with E-state index in [1.54, 1.807) is 18.0 Å². The van der Waals surface area contributed by atoms with Crippen LogP contribution in [0.3, 0.4) is 0 Å². The Morgan fingerprint density at radius 1 is 1.32 bits per heavy atom. The molecule has 1 aromatic carbocycles. The smallest absolute Gasteiger partial charge is 0.240 e. The summed E-state index contributed by atoms with van der Waals surface area (Å²) >= 11 is 5.84. The Kier molecular flexibility index (Phi) is 4.43. The molecule has 22 heavy (non-hydrogen) atoms. The van der Waals surface area contributed by atoms with Gasteiger partial charge in [0.25, 0.3) is 0 Å². The average molecular weight is 320 g/mol. The topological polar surface area (TPSA) is 55.3 Å². The largest absolute Gasteiger partial charge is 0.473 e. The number of para-hydroxylation sites is 2. The van der Waals surface area contributed by atoms with E-state index < -0.39 is 5.38 Å².